The zero-order valence-corrected chi connectivity index (χ0v) is 15.8. The van der Waals surface area contributed by atoms with Crippen molar-refractivity contribution in [2.75, 3.05) is 19.0 Å². The number of imide groups is 1. The Labute approximate surface area is 165 Å². The predicted molar refractivity (Wildman–Crippen MR) is 106 cm³/mol. The third-order valence-corrected chi connectivity index (χ3v) is 4.84. The Bertz CT molecular complexity index is 928. The zero-order valence-electron chi connectivity index (χ0n) is 14.3. The Morgan fingerprint density at radius 1 is 1.22 bits per heavy atom. The molecule has 1 N–H and O–H groups in total. The first-order valence-corrected chi connectivity index (χ1v) is 9.10. The molecule has 0 unspecified atom stereocenters. The van der Waals surface area contributed by atoms with Gasteiger partial charge in [-0.2, -0.15) is 0 Å². The second kappa shape index (κ2) is 8.28. The minimum atomic E-state index is -0.498. The van der Waals surface area contributed by atoms with Gasteiger partial charge in [0.2, 0.25) is 5.91 Å². The van der Waals surface area contributed by atoms with E-state index in [1.54, 1.807) is 61.7 Å². The first-order valence-electron chi connectivity index (χ1n) is 7.91. The molecule has 0 aliphatic carbocycles. The van der Waals surface area contributed by atoms with Gasteiger partial charge < -0.3 is 10.1 Å². The highest BCUT2D eigenvalue weighted by molar-refractivity contribution is 8.18. The second-order valence-electron chi connectivity index (χ2n) is 5.60. The molecule has 0 aromatic heterocycles. The SMILES string of the molecule is COc1ccc(/C=C2\SC(=O)N(CC(=O)Nc3cccc(Cl)c3)C2=O)cc1. The van der Waals surface area contributed by atoms with Gasteiger partial charge in [-0.1, -0.05) is 29.8 Å². The van der Waals surface area contributed by atoms with E-state index in [4.69, 9.17) is 16.3 Å². The molecule has 1 heterocycles. The van der Waals surface area contributed by atoms with Crippen LogP contribution in [0.15, 0.2) is 53.4 Å². The van der Waals surface area contributed by atoms with Crippen LogP contribution in [-0.4, -0.2) is 35.6 Å². The average Bonchev–Trinajstić information content (AvgIpc) is 2.90. The summed E-state index contributed by atoms with van der Waals surface area (Å²) in [4.78, 5) is 38.0. The molecule has 2 aromatic rings. The van der Waals surface area contributed by atoms with Crippen LogP contribution in [0.1, 0.15) is 5.56 Å². The lowest BCUT2D eigenvalue weighted by atomic mass is 10.2. The van der Waals surface area contributed by atoms with Gasteiger partial charge in [0, 0.05) is 10.7 Å². The number of carbonyl (C=O) groups is 3. The summed E-state index contributed by atoms with van der Waals surface area (Å²) in [6.07, 6.45) is 1.61. The molecule has 0 radical (unpaired) electrons. The maximum Gasteiger partial charge on any atom is 0.294 e. The fourth-order valence-electron chi connectivity index (χ4n) is 2.40. The van der Waals surface area contributed by atoms with Gasteiger partial charge in [-0.15, -0.1) is 0 Å². The van der Waals surface area contributed by atoms with E-state index in [0.717, 1.165) is 22.2 Å². The summed E-state index contributed by atoms with van der Waals surface area (Å²) >= 11 is 6.67. The number of benzene rings is 2. The number of carbonyl (C=O) groups excluding carboxylic acids is 3. The molecule has 0 saturated carbocycles. The van der Waals surface area contributed by atoms with Crippen LogP contribution in [0.5, 0.6) is 5.75 Å². The number of halogens is 1. The van der Waals surface area contributed by atoms with Gasteiger partial charge in [0.25, 0.3) is 11.1 Å². The van der Waals surface area contributed by atoms with Gasteiger partial charge >= 0.3 is 0 Å². The molecule has 0 bridgehead atoms. The van der Waals surface area contributed by atoms with Crippen LogP contribution in [0.25, 0.3) is 6.08 Å². The van der Waals surface area contributed by atoms with Gasteiger partial charge in [-0.3, -0.25) is 19.3 Å². The molecule has 8 heteroatoms. The quantitative estimate of drug-likeness (QED) is 0.764. The monoisotopic (exact) mass is 402 g/mol. The number of hydrogen-bond donors (Lipinski definition) is 1. The van der Waals surface area contributed by atoms with Crippen molar-refractivity contribution in [3.05, 3.63) is 64.0 Å². The molecule has 2 aromatic carbocycles. The van der Waals surface area contributed by atoms with Crippen LogP contribution in [0.3, 0.4) is 0 Å². The van der Waals surface area contributed by atoms with Crippen LogP contribution in [0, 0.1) is 0 Å². The largest absolute Gasteiger partial charge is 0.497 e. The van der Waals surface area contributed by atoms with E-state index < -0.39 is 17.1 Å². The number of anilines is 1. The van der Waals surface area contributed by atoms with E-state index in [2.05, 4.69) is 5.32 Å². The molecule has 0 spiro atoms. The fraction of sp³-hybridized carbons (Fsp3) is 0.105. The Hall–Kier alpha value is -2.77. The molecule has 3 rings (SSSR count). The summed E-state index contributed by atoms with van der Waals surface area (Å²) in [6.45, 7) is -0.364. The van der Waals surface area contributed by atoms with Crippen LogP contribution in [0.4, 0.5) is 10.5 Å². The normalized spacial score (nSPS) is 15.3. The molecule has 1 aliphatic heterocycles. The van der Waals surface area contributed by atoms with E-state index >= 15 is 0 Å². The number of nitrogens with zero attached hydrogens (tertiary/aromatic N) is 1. The Balaban J connectivity index is 1.68. The average molecular weight is 403 g/mol. The highest BCUT2D eigenvalue weighted by Gasteiger charge is 2.36. The van der Waals surface area contributed by atoms with Crippen molar-refractivity contribution in [2.45, 2.75) is 0 Å². The highest BCUT2D eigenvalue weighted by Crippen LogP contribution is 2.32. The molecule has 1 fully saturated rings. The van der Waals surface area contributed by atoms with E-state index in [1.165, 1.54) is 0 Å². The second-order valence-corrected chi connectivity index (χ2v) is 7.03. The molecule has 27 heavy (non-hydrogen) atoms. The van der Waals surface area contributed by atoms with Crippen molar-refractivity contribution in [1.82, 2.24) is 4.90 Å². The highest BCUT2D eigenvalue weighted by atomic mass is 35.5. The number of methoxy groups -OCH3 is 1. The smallest absolute Gasteiger partial charge is 0.294 e. The molecule has 0 atom stereocenters. The van der Waals surface area contributed by atoms with E-state index in [-0.39, 0.29) is 11.4 Å². The summed E-state index contributed by atoms with van der Waals surface area (Å²) < 4.78 is 5.09. The van der Waals surface area contributed by atoms with Gasteiger partial charge in [-0.25, -0.2) is 0 Å². The van der Waals surface area contributed by atoms with Gasteiger partial charge in [0.15, 0.2) is 0 Å². The maximum atomic E-state index is 12.5. The number of ether oxygens (including phenoxy) is 1. The predicted octanol–water partition coefficient (Wildman–Crippen LogP) is 4.02. The fourth-order valence-corrected chi connectivity index (χ4v) is 3.43. The van der Waals surface area contributed by atoms with Crippen molar-refractivity contribution in [1.29, 1.82) is 0 Å². The van der Waals surface area contributed by atoms with E-state index in [1.807, 2.05) is 0 Å². The standard InChI is InChI=1S/C19H15ClN2O4S/c1-26-15-7-5-12(6-8-15)9-16-18(24)22(19(25)27-16)11-17(23)21-14-4-2-3-13(20)10-14/h2-10H,11H2,1H3,(H,21,23)/b16-9-. The van der Waals surface area contributed by atoms with Crippen LogP contribution in [-0.2, 0) is 9.59 Å². The van der Waals surface area contributed by atoms with E-state index in [0.29, 0.717) is 16.5 Å². The third-order valence-electron chi connectivity index (χ3n) is 3.70. The maximum absolute atomic E-state index is 12.5. The van der Waals surface area contributed by atoms with Gasteiger partial charge in [0.05, 0.1) is 12.0 Å². The third kappa shape index (κ3) is 4.69. The lowest BCUT2D eigenvalue weighted by molar-refractivity contribution is -0.127. The van der Waals surface area contributed by atoms with Crippen molar-refractivity contribution < 1.29 is 19.1 Å². The summed E-state index contributed by atoms with van der Waals surface area (Å²) in [5.41, 5.74) is 1.25. The Kier molecular flexibility index (Phi) is 5.83. The lowest BCUT2D eigenvalue weighted by Crippen LogP contribution is -2.36. The number of nitrogens with one attached hydrogen (secondary N) is 1. The number of amides is 3. The molecule has 138 valence electrons. The van der Waals surface area contributed by atoms with Crippen molar-refractivity contribution >= 4 is 52.2 Å². The first-order chi connectivity index (χ1) is 13.0. The van der Waals surface area contributed by atoms with Gasteiger partial charge in [0.1, 0.15) is 12.3 Å². The lowest BCUT2D eigenvalue weighted by Gasteiger charge is -2.12. The molecule has 6 nitrogen and oxygen atoms in total. The zero-order chi connectivity index (χ0) is 19.4. The van der Waals surface area contributed by atoms with Gasteiger partial charge in [-0.05, 0) is 53.7 Å². The summed E-state index contributed by atoms with van der Waals surface area (Å²) in [7, 11) is 1.56. The summed E-state index contributed by atoms with van der Waals surface area (Å²) in [5.74, 6) is -0.287. The van der Waals surface area contributed by atoms with Crippen molar-refractivity contribution in [3.63, 3.8) is 0 Å². The van der Waals surface area contributed by atoms with E-state index in [9.17, 15) is 14.4 Å². The van der Waals surface area contributed by atoms with Crippen molar-refractivity contribution in [3.8, 4) is 5.75 Å². The molecular formula is C19H15ClN2O4S. The number of thioether (sulfide) groups is 1. The first kappa shape index (κ1) is 19.0. The Morgan fingerprint density at radius 2 is 1.96 bits per heavy atom. The molecule has 1 saturated heterocycles. The minimum Gasteiger partial charge on any atom is -0.497 e. The van der Waals surface area contributed by atoms with Crippen LogP contribution < -0.4 is 10.1 Å². The Morgan fingerprint density at radius 3 is 2.63 bits per heavy atom. The summed E-state index contributed by atoms with van der Waals surface area (Å²) in [5, 5.41) is 2.60. The molecular weight excluding hydrogens is 388 g/mol. The molecule has 1 aliphatic rings. The topological polar surface area (TPSA) is 75.7 Å². The number of rotatable bonds is 5. The summed E-state index contributed by atoms with van der Waals surface area (Å²) in [6, 6.07) is 13.7. The van der Waals surface area contributed by atoms with Crippen molar-refractivity contribution in [2.24, 2.45) is 0 Å². The van der Waals surface area contributed by atoms with Crippen LogP contribution >= 0.6 is 23.4 Å². The molecule has 3 amide bonds. The van der Waals surface area contributed by atoms with Crippen LogP contribution in [0.2, 0.25) is 5.02 Å². The minimum absolute atomic E-state index is 0.265. The number of hydrogen-bond acceptors (Lipinski definition) is 5.